The van der Waals surface area contributed by atoms with Gasteiger partial charge >= 0.3 is 0 Å². The van der Waals surface area contributed by atoms with Gasteiger partial charge in [0.15, 0.2) is 5.54 Å². The summed E-state index contributed by atoms with van der Waals surface area (Å²) in [4.78, 5) is 0. The summed E-state index contributed by atoms with van der Waals surface area (Å²) in [5.74, 6) is 0.717. The monoisotopic (exact) mass is 486 g/mol. The molecule has 0 unspecified atom stereocenters. The average Bonchev–Trinajstić information content (AvgIpc) is 3.02. The molecule has 3 heteroatoms. The maximum absolute atomic E-state index is 15.8. The van der Waals surface area contributed by atoms with E-state index in [0.717, 1.165) is 22.5 Å². The fraction of sp³-hybridized carbons (Fsp3) is 0.406. The Morgan fingerprint density at radius 1 is 0.686 bits per heavy atom. The third kappa shape index (κ3) is 4.36. The molecular formula is C32H41NOP+. The SMILES string of the molecule is CC(C)c1cccc(C(C)C)c1[N+]1=C(P(=O)(c2ccccc2)c2ccccc2)C(C)(C)CC1(C)C. The lowest BCUT2D eigenvalue weighted by molar-refractivity contribution is -0.514. The van der Waals surface area contributed by atoms with Gasteiger partial charge in [-0.2, -0.15) is 4.58 Å². The van der Waals surface area contributed by atoms with E-state index in [-0.39, 0.29) is 11.0 Å². The Labute approximate surface area is 212 Å². The van der Waals surface area contributed by atoms with Crippen LogP contribution in [0.15, 0.2) is 78.9 Å². The fourth-order valence-corrected chi connectivity index (χ4v) is 9.80. The third-order valence-electron chi connectivity index (χ3n) is 7.40. The average molecular weight is 487 g/mol. The molecule has 1 aliphatic rings. The van der Waals surface area contributed by atoms with Gasteiger partial charge in [-0.1, -0.05) is 107 Å². The minimum absolute atomic E-state index is 0.188. The second-order valence-corrected chi connectivity index (χ2v) is 14.6. The summed E-state index contributed by atoms with van der Waals surface area (Å²) >= 11 is 0. The molecule has 0 amide bonds. The van der Waals surface area contributed by atoms with E-state index in [1.165, 1.54) is 16.8 Å². The van der Waals surface area contributed by atoms with Crippen molar-refractivity contribution in [2.75, 3.05) is 0 Å². The zero-order chi connectivity index (χ0) is 25.6. The summed E-state index contributed by atoms with van der Waals surface area (Å²) in [5, 5.41) is 1.82. The van der Waals surface area contributed by atoms with Crippen molar-refractivity contribution in [3.05, 3.63) is 90.0 Å². The van der Waals surface area contributed by atoms with E-state index in [9.17, 15) is 0 Å². The van der Waals surface area contributed by atoms with Gasteiger partial charge in [0, 0.05) is 42.0 Å². The van der Waals surface area contributed by atoms with Gasteiger partial charge in [-0.25, -0.2) is 0 Å². The molecule has 0 saturated heterocycles. The van der Waals surface area contributed by atoms with Crippen molar-refractivity contribution in [2.24, 2.45) is 5.41 Å². The molecule has 0 spiro atoms. The highest BCUT2D eigenvalue weighted by atomic mass is 31.2. The Kier molecular flexibility index (Phi) is 6.75. The Morgan fingerprint density at radius 2 is 1.11 bits per heavy atom. The normalized spacial score (nSPS) is 17.4. The first kappa shape index (κ1) is 25.6. The maximum Gasteiger partial charge on any atom is 0.231 e. The van der Waals surface area contributed by atoms with E-state index in [4.69, 9.17) is 0 Å². The van der Waals surface area contributed by atoms with Gasteiger partial charge in [-0.15, -0.1) is 0 Å². The molecule has 0 radical (unpaired) electrons. The molecular weight excluding hydrogens is 445 g/mol. The van der Waals surface area contributed by atoms with E-state index in [0.29, 0.717) is 11.8 Å². The molecule has 0 fully saturated rings. The molecule has 4 rings (SSSR count). The molecule has 0 aromatic heterocycles. The summed E-state index contributed by atoms with van der Waals surface area (Å²) in [6.07, 6.45) is 0.933. The zero-order valence-electron chi connectivity index (χ0n) is 22.7. The van der Waals surface area contributed by atoms with E-state index >= 15 is 4.57 Å². The number of para-hydroxylation sites is 1. The van der Waals surface area contributed by atoms with Crippen LogP contribution in [-0.4, -0.2) is 15.6 Å². The van der Waals surface area contributed by atoms with Crippen LogP contribution in [0.25, 0.3) is 0 Å². The third-order valence-corrected chi connectivity index (χ3v) is 10.9. The van der Waals surface area contributed by atoms with Crippen LogP contribution in [-0.2, 0) is 4.57 Å². The van der Waals surface area contributed by atoms with Gasteiger partial charge in [0.1, 0.15) is 0 Å². The lowest BCUT2D eigenvalue weighted by Gasteiger charge is -2.27. The van der Waals surface area contributed by atoms with Crippen molar-refractivity contribution in [3.63, 3.8) is 0 Å². The smallest absolute Gasteiger partial charge is 0.231 e. The predicted molar refractivity (Wildman–Crippen MR) is 152 cm³/mol. The molecule has 2 nitrogen and oxygen atoms in total. The molecule has 0 saturated carbocycles. The molecule has 0 atom stereocenters. The van der Waals surface area contributed by atoms with Gasteiger partial charge in [0.05, 0.1) is 5.41 Å². The van der Waals surface area contributed by atoms with Crippen LogP contribution < -0.4 is 10.6 Å². The van der Waals surface area contributed by atoms with Gasteiger partial charge < -0.3 is 4.57 Å². The zero-order valence-corrected chi connectivity index (χ0v) is 23.6. The molecule has 1 heterocycles. The highest BCUT2D eigenvalue weighted by Gasteiger charge is 2.60. The number of hydrogen-bond donors (Lipinski definition) is 0. The predicted octanol–water partition coefficient (Wildman–Crippen LogP) is 8.20. The van der Waals surface area contributed by atoms with Crippen LogP contribution in [0.3, 0.4) is 0 Å². The Morgan fingerprint density at radius 3 is 1.51 bits per heavy atom. The standard InChI is InChI=1S/C32H41NOP/c1-23(2)27-20-15-21-28(24(3)4)29(27)33-30(31(5,6)22-32(33,7)8)35(34,25-16-11-9-12-17-25)26-18-13-10-14-19-26/h9-21,23-24H,22H2,1-8H3/q+1. The Hall–Kier alpha value is -2.44. The van der Waals surface area contributed by atoms with E-state index in [1.54, 1.807) is 0 Å². The summed E-state index contributed by atoms with van der Waals surface area (Å²) in [7, 11) is -3.15. The summed E-state index contributed by atoms with van der Waals surface area (Å²) in [6.45, 7) is 18.3. The maximum atomic E-state index is 15.8. The molecule has 0 N–H and O–H groups in total. The minimum atomic E-state index is -3.15. The number of benzene rings is 3. The minimum Gasteiger partial charge on any atom is -0.303 e. The van der Waals surface area contributed by atoms with Crippen molar-refractivity contribution in [1.82, 2.24) is 0 Å². The van der Waals surface area contributed by atoms with Crippen LogP contribution in [0, 0.1) is 5.41 Å². The van der Waals surface area contributed by atoms with Crippen LogP contribution in [0.2, 0.25) is 0 Å². The Bertz CT molecular complexity index is 1210. The molecule has 0 bridgehead atoms. The van der Waals surface area contributed by atoms with Crippen molar-refractivity contribution < 1.29 is 9.14 Å². The first-order chi connectivity index (χ1) is 16.4. The fourth-order valence-electron chi connectivity index (χ4n) is 6.24. The van der Waals surface area contributed by atoms with E-state index in [1.807, 2.05) is 36.4 Å². The van der Waals surface area contributed by atoms with Crippen molar-refractivity contribution in [3.8, 4) is 0 Å². The first-order valence-electron chi connectivity index (χ1n) is 12.9. The van der Waals surface area contributed by atoms with Crippen LogP contribution in [0.4, 0.5) is 5.69 Å². The van der Waals surface area contributed by atoms with Gasteiger partial charge in [0.2, 0.25) is 18.3 Å². The van der Waals surface area contributed by atoms with E-state index in [2.05, 4.69) is 102 Å². The highest BCUT2D eigenvalue weighted by molar-refractivity contribution is 7.93. The van der Waals surface area contributed by atoms with Crippen molar-refractivity contribution in [2.45, 2.75) is 79.2 Å². The number of rotatable bonds is 6. The molecule has 3 aromatic carbocycles. The second kappa shape index (κ2) is 9.21. The van der Waals surface area contributed by atoms with Crippen molar-refractivity contribution >= 4 is 28.9 Å². The summed E-state index contributed by atoms with van der Waals surface area (Å²) in [5.41, 5.74) is 4.53. The topological polar surface area (TPSA) is 20.1 Å². The van der Waals surface area contributed by atoms with Gasteiger partial charge in [0.25, 0.3) is 0 Å². The summed E-state index contributed by atoms with van der Waals surface area (Å²) in [6, 6.07) is 27.0. The van der Waals surface area contributed by atoms with Crippen LogP contribution in [0.5, 0.6) is 0 Å². The number of nitrogens with zero attached hydrogens (tertiary/aromatic N) is 1. The lowest BCUT2D eigenvalue weighted by atomic mass is 9.84. The van der Waals surface area contributed by atoms with E-state index < -0.39 is 7.14 Å². The number of hydrogen-bond acceptors (Lipinski definition) is 1. The lowest BCUT2D eigenvalue weighted by Crippen LogP contribution is -2.35. The second-order valence-electron chi connectivity index (χ2n) is 11.9. The quantitative estimate of drug-likeness (QED) is 0.254. The van der Waals surface area contributed by atoms with Crippen molar-refractivity contribution in [1.29, 1.82) is 0 Å². The highest BCUT2D eigenvalue weighted by Crippen LogP contribution is 2.59. The van der Waals surface area contributed by atoms with Gasteiger partial charge in [-0.3, -0.25) is 0 Å². The molecule has 184 valence electrons. The molecule has 3 aromatic rings. The molecule has 35 heavy (non-hydrogen) atoms. The molecule has 1 aliphatic heterocycles. The van der Waals surface area contributed by atoms with Crippen LogP contribution in [0.1, 0.15) is 84.8 Å². The largest absolute Gasteiger partial charge is 0.303 e. The Balaban J connectivity index is 2.24. The van der Waals surface area contributed by atoms with Crippen LogP contribution >= 0.6 is 7.14 Å². The summed E-state index contributed by atoms with van der Waals surface area (Å²) < 4.78 is 18.3. The first-order valence-corrected chi connectivity index (χ1v) is 14.6. The van der Waals surface area contributed by atoms with Gasteiger partial charge in [-0.05, 0) is 25.7 Å². The molecule has 0 aliphatic carbocycles.